The Balaban J connectivity index is 2.38. The van der Waals surface area contributed by atoms with Crippen LogP contribution in [0.1, 0.15) is 12.0 Å². The van der Waals surface area contributed by atoms with Crippen molar-refractivity contribution < 1.29 is 4.79 Å². The summed E-state index contributed by atoms with van der Waals surface area (Å²) in [5.74, 6) is 0.125. The van der Waals surface area contributed by atoms with Crippen LogP contribution in [0.5, 0.6) is 0 Å². The number of rotatable bonds is 6. The molecule has 0 fully saturated rings. The maximum Gasteiger partial charge on any atom is 0.124 e. The first-order valence-electron chi connectivity index (χ1n) is 5.21. The van der Waals surface area contributed by atoms with Crippen LogP contribution >= 0.6 is 0 Å². The molecule has 0 aromatic carbocycles. The summed E-state index contributed by atoms with van der Waals surface area (Å²) in [6.07, 6.45) is 6.49. The predicted molar refractivity (Wildman–Crippen MR) is 60.7 cm³/mol. The third-order valence-electron chi connectivity index (χ3n) is 2.32. The number of carbonyl (C=O) groups is 1. The number of aldehydes is 1. The average Bonchev–Trinajstić information content (AvgIpc) is 2.25. The summed E-state index contributed by atoms with van der Waals surface area (Å²) in [6, 6.07) is 3.97. The zero-order valence-corrected chi connectivity index (χ0v) is 9.39. The lowest BCUT2D eigenvalue weighted by Crippen LogP contribution is -2.23. The summed E-state index contributed by atoms with van der Waals surface area (Å²) in [4.78, 5) is 16.9. The van der Waals surface area contributed by atoms with Crippen molar-refractivity contribution in [2.45, 2.75) is 12.8 Å². The van der Waals surface area contributed by atoms with Gasteiger partial charge in [0.1, 0.15) is 6.29 Å². The fourth-order valence-electron chi connectivity index (χ4n) is 1.57. The Bertz CT molecular complexity index is 285. The van der Waals surface area contributed by atoms with E-state index in [1.165, 1.54) is 5.56 Å². The molecule has 1 heterocycles. The van der Waals surface area contributed by atoms with Gasteiger partial charge in [0.05, 0.1) is 0 Å². The molecule has 1 aromatic rings. The first kappa shape index (κ1) is 11.9. The molecule has 1 rings (SSSR count). The van der Waals surface area contributed by atoms with E-state index in [1.54, 1.807) is 6.20 Å². The Labute approximate surface area is 91.1 Å². The van der Waals surface area contributed by atoms with Gasteiger partial charge in [-0.15, -0.1) is 0 Å². The van der Waals surface area contributed by atoms with Gasteiger partial charge in [-0.05, 0) is 38.6 Å². The second-order valence-electron chi connectivity index (χ2n) is 4.06. The van der Waals surface area contributed by atoms with E-state index in [0.717, 1.165) is 25.7 Å². The zero-order chi connectivity index (χ0) is 11.1. The number of hydrogen-bond acceptors (Lipinski definition) is 3. The first-order chi connectivity index (χ1) is 7.22. The van der Waals surface area contributed by atoms with Crippen LogP contribution in [0.15, 0.2) is 24.5 Å². The molecule has 0 radical (unpaired) electrons. The minimum absolute atomic E-state index is 0.125. The van der Waals surface area contributed by atoms with Gasteiger partial charge in [-0.1, -0.05) is 6.07 Å². The number of nitrogens with zero attached hydrogens (tertiary/aromatic N) is 2. The van der Waals surface area contributed by atoms with Gasteiger partial charge < -0.3 is 9.69 Å². The van der Waals surface area contributed by atoms with Crippen molar-refractivity contribution in [1.82, 2.24) is 9.88 Å². The van der Waals surface area contributed by atoms with Crippen molar-refractivity contribution >= 4 is 6.29 Å². The maximum atomic E-state index is 10.8. The largest absolute Gasteiger partial charge is 0.309 e. The highest BCUT2D eigenvalue weighted by Crippen LogP contribution is 2.07. The summed E-state index contributed by atoms with van der Waals surface area (Å²) < 4.78 is 0. The second-order valence-corrected chi connectivity index (χ2v) is 4.06. The summed E-state index contributed by atoms with van der Waals surface area (Å²) in [7, 11) is 3.97. The van der Waals surface area contributed by atoms with Gasteiger partial charge in [-0.3, -0.25) is 4.98 Å². The zero-order valence-electron chi connectivity index (χ0n) is 9.39. The van der Waals surface area contributed by atoms with Gasteiger partial charge in [-0.2, -0.15) is 0 Å². The highest BCUT2D eigenvalue weighted by molar-refractivity contribution is 5.53. The molecule has 0 bridgehead atoms. The number of hydrogen-bond donors (Lipinski definition) is 0. The molecule has 0 spiro atoms. The monoisotopic (exact) mass is 206 g/mol. The molecule has 3 heteroatoms. The minimum atomic E-state index is 0.125. The van der Waals surface area contributed by atoms with Gasteiger partial charge in [0.2, 0.25) is 0 Å². The van der Waals surface area contributed by atoms with Crippen LogP contribution in [0.2, 0.25) is 0 Å². The lowest BCUT2D eigenvalue weighted by Gasteiger charge is -2.15. The summed E-state index contributed by atoms with van der Waals surface area (Å²) >= 11 is 0. The molecule has 0 aliphatic heterocycles. The third kappa shape index (κ3) is 4.70. The van der Waals surface area contributed by atoms with Crippen molar-refractivity contribution in [1.29, 1.82) is 0 Å². The summed E-state index contributed by atoms with van der Waals surface area (Å²) in [6.45, 7) is 0.823. The fourth-order valence-corrected chi connectivity index (χ4v) is 1.57. The molecule has 0 saturated heterocycles. The Kier molecular flexibility index (Phi) is 4.98. The van der Waals surface area contributed by atoms with Gasteiger partial charge >= 0.3 is 0 Å². The van der Waals surface area contributed by atoms with E-state index in [9.17, 15) is 4.79 Å². The Morgan fingerprint density at radius 3 is 2.87 bits per heavy atom. The smallest absolute Gasteiger partial charge is 0.124 e. The molecule has 3 nitrogen and oxygen atoms in total. The molecule has 1 aromatic heterocycles. The van der Waals surface area contributed by atoms with Gasteiger partial charge in [-0.25, -0.2) is 0 Å². The Hall–Kier alpha value is -1.22. The summed E-state index contributed by atoms with van der Waals surface area (Å²) in [5.41, 5.74) is 1.20. The highest BCUT2D eigenvalue weighted by atomic mass is 16.1. The second kappa shape index (κ2) is 6.30. The maximum absolute atomic E-state index is 10.8. The molecule has 1 unspecified atom stereocenters. The van der Waals surface area contributed by atoms with Crippen molar-refractivity contribution in [3.05, 3.63) is 30.1 Å². The molecule has 1 atom stereocenters. The van der Waals surface area contributed by atoms with Crippen molar-refractivity contribution in [3.8, 4) is 0 Å². The molecule has 0 amide bonds. The van der Waals surface area contributed by atoms with Crippen LogP contribution in [0.3, 0.4) is 0 Å². The van der Waals surface area contributed by atoms with Crippen LogP contribution in [0, 0.1) is 5.92 Å². The quantitative estimate of drug-likeness (QED) is 0.659. The van der Waals surface area contributed by atoms with Crippen LogP contribution in [0.25, 0.3) is 0 Å². The van der Waals surface area contributed by atoms with E-state index in [0.29, 0.717) is 0 Å². The molecule has 82 valence electrons. The lowest BCUT2D eigenvalue weighted by molar-refractivity contribution is -0.111. The standard InChI is InChI=1S/C12H18N2O/c1-14(2)9-12(10-15)6-5-11-4-3-7-13-8-11/h3-4,7-8,10,12H,5-6,9H2,1-2H3. The van der Waals surface area contributed by atoms with Gasteiger partial charge in [0.25, 0.3) is 0 Å². The van der Waals surface area contributed by atoms with Crippen molar-refractivity contribution in [2.75, 3.05) is 20.6 Å². The van der Waals surface area contributed by atoms with E-state index in [-0.39, 0.29) is 5.92 Å². The van der Waals surface area contributed by atoms with Crippen LogP contribution < -0.4 is 0 Å². The molecular weight excluding hydrogens is 188 g/mol. The summed E-state index contributed by atoms with van der Waals surface area (Å²) in [5, 5.41) is 0. The van der Waals surface area contributed by atoms with Gasteiger partial charge in [0.15, 0.2) is 0 Å². The molecule has 0 N–H and O–H groups in total. The Morgan fingerprint density at radius 1 is 1.53 bits per heavy atom. The Morgan fingerprint density at radius 2 is 2.33 bits per heavy atom. The first-order valence-corrected chi connectivity index (χ1v) is 5.21. The molecule has 0 aliphatic carbocycles. The number of carbonyl (C=O) groups excluding carboxylic acids is 1. The lowest BCUT2D eigenvalue weighted by atomic mass is 10.0. The van der Waals surface area contributed by atoms with Crippen LogP contribution in [-0.4, -0.2) is 36.8 Å². The minimum Gasteiger partial charge on any atom is -0.309 e. The molecule has 0 aliphatic rings. The van der Waals surface area contributed by atoms with E-state index in [1.807, 2.05) is 37.3 Å². The van der Waals surface area contributed by atoms with Crippen molar-refractivity contribution in [3.63, 3.8) is 0 Å². The molecule has 15 heavy (non-hydrogen) atoms. The molecule has 0 saturated carbocycles. The number of pyridine rings is 1. The van der Waals surface area contributed by atoms with Crippen LogP contribution in [0.4, 0.5) is 0 Å². The van der Waals surface area contributed by atoms with Crippen LogP contribution in [-0.2, 0) is 11.2 Å². The van der Waals surface area contributed by atoms with E-state index < -0.39 is 0 Å². The number of aromatic nitrogens is 1. The van der Waals surface area contributed by atoms with E-state index in [4.69, 9.17) is 0 Å². The van der Waals surface area contributed by atoms with Gasteiger partial charge in [0, 0.05) is 24.9 Å². The number of aryl methyl sites for hydroxylation is 1. The topological polar surface area (TPSA) is 33.2 Å². The average molecular weight is 206 g/mol. The molecular formula is C12H18N2O. The van der Waals surface area contributed by atoms with E-state index >= 15 is 0 Å². The SMILES string of the molecule is CN(C)CC(C=O)CCc1cccnc1. The normalized spacial score (nSPS) is 12.7. The van der Waals surface area contributed by atoms with Crippen molar-refractivity contribution in [2.24, 2.45) is 5.92 Å². The predicted octanol–water partition coefficient (Wildman–Crippen LogP) is 1.39. The third-order valence-corrected chi connectivity index (χ3v) is 2.32. The fraction of sp³-hybridized carbons (Fsp3) is 0.500. The highest BCUT2D eigenvalue weighted by Gasteiger charge is 2.08. The van der Waals surface area contributed by atoms with E-state index in [2.05, 4.69) is 4.98 Å².